The Hall–Kier alpha value is -2.20. The number of nitrogens with zero attached hydrogens (tertiary/aromatic N) is 3. The van der Waals surface area contributed by atoms with Gasteiger partial charge >= 0.3 is 0 Å². The fourth-order valence-corrected chi connectivity index (χ4v) is 2.56. The Labute approximate surface area is 139 Å². The molecule has 0 N–H and O–H groups in total. The number of hydrogen-bond donors (Lipinski definition) is 0. The summed E-state index contributed by atoms with van der Waals surface area (Å²) >= 11 is 6.01. The van der Waals surface area contributed by atoms with Crippen LogP contribution in [-0.2, 0) is 0 Å². The van der Waals surface area contributed by atoms with E-state index >= 15 is 0 Å². The molecule has 23 heavy (non-hydrogen) atoms. The van der Waals surface area contributed by atoms with E-state index in [-0.39, 0.29) is 5.82 Å². The molecule has 0 aliphatic rings. The highest BCUT2D eigenvalue weighted by Gasteiger charge is 2.15. The van der Waals surface area contributed by atoms with E-state index in [1.54, 1.807) is 24.4 Å². The minimum atomic E-state index is -0.256. The Kier molecular flexibility index (Phi) is 4.44. The van der Waals surface area contributed by atoms with Crippen LogP contribution in [-0.4, -0.2) is 14.8 Å². The zero-order valence-corrected chi connectivity index (χ0v) is 13.8. The van der Waals surface area contributed by atoms with E-state index in [4.69, 9.17) is 16.7 Å². The molecule has 0 amide bonds. The molecule has 2 heterocycles. The molecular weight excluding hydrogens is 313 g/mol. The molecule has 3 nitrogen and oxygen atoms in total. The van der Waals surface area contributed by atoms with Crippen LogP contribution in [0, 0.1) is 5.82 Å². The van der Waals surface area contributed by atoms with Crippen LogP contribution in [0.15, 0.2) is 48.7 Å². The quantitative estimate of drug-likeness (QED) is 0.613. The maximum absolute atomic E-state index is 13.2. The van der Waals surface area contributed by atoms with Gasteiger partial charge in [0.15, 0.2) is 0 Å². The van der Waals surface area contributed by atoms with Crippen molar-refractivity contribution < 1.29 is 4.39 Å². The second-order valence-corrected chi connectivity index (χ2v) is 5.91. The summed E-state index contributed by atoms with van der Waals surface area (Å²) in [5, 5.41) is 5.14. The predicted octanol–water partition coefficient (Wildman–Crippen LogP) is 5.24. The molecule has 1 aromatic carbocycles. The molecule has 0 bridgehead atoms. The van der Waals surface area contributed by atoms with Crippen LogP contribution in [0.2, 0.25) is 5.15 Å². The molecule has 0 saturated heterocycles. The first-order chi connectivity index (χ1) is 11.1. The van der Waals surface area contributed by atoms with E-state index in [1.807, 2.05) is 10.7 Å². The first kappa shape index (κ1) is 15.7. The lowest BCUT2D eigenvalue weighted by Crippen LogP contribution is -2.01. The summed E-state index contributed by atoms with van der Waals surface area (Å²) < 4.78 is 15.1. The third-order valence-electron chi connectivity index (χ3n) is 3.94. The highest BCUT2D eigenvalue weighted by Crippen LogP contribution is 2.28. The van der Waals surface area contributed by atoms with E-state index < -0.39 is 0 Å². The fraction of sp³-hybridized carbons (Fsp3) is 0.222. The van der Waals surface area contributed by atoms with E-state index in [2.05, 4.69) is 24.9 Å². The number of halogens is 2. The monoisotopic (exact) mass is 329 g/mol. The highest BCUT2D eigenvalue weighted by molar-refractivity contribution is 6.29. The molecule has 0 spiro atoms. The number of aromatic nitrogens is 3. The molecule has 0 radical (unpaired) electrons. The number of rotatable bonds is 4. The van der Waals surface area contributed by atoms with Gasteiger partial charge in [0.05, 0.1) is 17.1 Å². The summed E-state index contributed by atoms with van der Waals surface area (Å²) in [4.78, 5) is 4.01. The van der Waals surface area contributed by atoms with Crippen molar-refractivity contribution in [3.8, 4) is 16.9 Å². The van der Waals surface area contributed by atoms with Crippen LogP contribution in [0.3, 0.4) is 0 Å². The van der Waals surface area contributed by atoms with Crippen molar-refractivity contribution in [3.05, 3.63) is 65.3 Å². The lowest BCUT2D eigenvalue weighted by Gasteiger charge is -2.08. The topological polar surface area (TPSA) is 30.7 Å². The smallest absolute Gasteiger partial charge is 0.131 e. The Bertz CT molecular complexity index is 811. The second kappa shape index (κ2) is 6.50. The van der Waals surface area contributed by atoms with E-state index in [0.29, 0.717) is 11.1 Å². The van der Waals surface area contributed by atoms with Crippen LogP contribution in [0.1, 0.15) is 31.9 Å². The van der Waals surface area contributed by atoms with Crippen LogP contribution in [0.4, 0.5) is 4.39 Å². The average Bonchev–Trinajstić information content (AvgIpc) is 3.00. The highest BCUT2D eigenvalue weighted by atomic mass is 35.5. The van der Waals surface area contributed by atoms with Gasteiger partial charge in [0.25, 0.3) is 0 Å². The van der Waals surface area contributed by atoms with Crippen molar-refractivity contribution >= 4 is 11.6 Å². The standard InChI is InChI=1S/C18H17ClFN3/c1-3-12(2)16-11-17(13-4-6-14(20)7-5-13)23(22-16)15-8-9-21-18(19)10-15/h4-12H,3H2,1-2H3. The molecule has 0 aliphatic carbocycles. The molecule has 3 rings (SSSR count). The van der Waals surface area contributed by atoms with Crippen molar-refractivity contribution in [1.29, 1.82) is 0 Å². The summed E-state index contributed by atoms with van der Waals surface area (Å²) in [6.07, 6.45) is 2.65. The van der Waals surface area contributed by atoms with Crippen LogP contribution in [0.5, 0.6) is 0 Å². The Balaban J connectivity index is 2.16. The molecule has 1 unspecified atom stereocenters. The van der Waals surface area contributed by atoms with E-state index in [0.717, 1.165) is 29.1 Å². The second-order valence-electron chi connectivity index (χ2n) is 5.52. The molecule has 3 aromatic rings. The van der Waals surface area contributed by atoms with Gasteiger partial charge in [-0.1, -0.05) is 25.4 Å². The summed E-state index contributed by atoms with van der Waals surface area (Å²) in [5.41, 5.74) is 3.64. The number of pyridine rings is 1. The van der Waals surface area contributed by atoms with E-state index in [1.165, 1.54) is 12.1 Å². The number of hydrogen-bond acceptors (Lipinski definition) is 2. The lowest BCUT2D eigenvalue weighted by atomic mass is 10.0. The van der Waals surface area contributed by atoms with Crippen LogP contribution >= 0.6 is 11.6 Å². The third kappa shape index (κ3) is 3.27. The summed E-state index contributed by atoms with van der Waals surface area (Å²) in [7, 11) is 0. The van der Waals surface area contributed by atoms with Gasteiger partial charge < -0.3 is 0 Å². The summed E-state index contributed by atoms with van der Waals surface area (Å²) in [5.74, 6) is 0.0849. The normalized spacial score (nSPS) is 12.3. The first-order valence-electron chi connectivity index (χ1n) is 7.56. The molecule has 0 aliphatic heterocycles. The van der Waals surface area contributed by atoms with Gasteiger partial charge in [0, 0.05) is 17.8 Å². The zero-order chi connectivity index (χ0) is 16.4. The average molecular weight is 330 g/mol. The van der Waals surface area contributed by atoms with E-state index in [9.17, 15) is 4.39 Å². The van der Waals surface area contributed by atoms with Gasteiger partial charge in [-0.3, -0.25) is 0 Å². The van der Waals surface area contributed by atoms with Crippen LogP contribution < -0.4 is 0 Å². The van der Waals surface area contributed by atoms with Crippen molar-refractivity contribution in [1.82, 2.24) is 14.8 Å². The maximum Gasteiger partial charge on any atom is 0.131 e. The summed E-state index contributed by atoms with van der Waals surface area (Å²) in [6, 6.07) is 12.1. The Morgan fingerprint density at radius 1 is 1.17 bits per heavy atom. The van der Waals surface area contributed by atoms with Crippen LogP contribution in [0.25, 0.3) is 16.9 Å². The lowest BCUT2D eigenvalue weighted by molar-refractivity contribution is 0.628. The van der Waals surface area contributed by atoms with Crippen molar-refractivity contribution in [2.75, 3.05) is 0 Å². The molecule has 5 heteroatoms. The predicted molar refractivity (Wildman–Crippen MR) is 90.5 cm³/mol. The minimum absolute atomic E-state index is 0.256. The van der Waals surface area contributed by atoms with Gasteiger partial charge in [0.1, 0.15) is 11.0 Å². The Morgan fingerprint density at radius 3 is 2.57 bits per heavy atom. The van der Waals surface area contributed by atoms with Gasteiger partial charge in [-0.25, -0.2) is 14.1 Å². The van der Waals surface area contributed by atoms with Gasteiger partial charge in [0.2, 0.25) is 0 Å². The largest absolute Gasteiger partial charge is 0.244 e. The molecule has 1 atom stereocenters. The van der Waals surface area contributed by atoms with Gasteiger partial charge in [-0.05, 0) is 48.7 Å². The van der Waals surface area contributed by atoms with Gasteiger partial charge in [-0.2, -0.15) is 5.10 Å². The van der Waals surface area contributed by atoms with Crippen molar-refractivity contribution in [3.63, 3.8) is 0 Å². The van der Waals surface area contributed by atoms with Crippen molar-refractivity contribution in [2.45, 2.75) is 26.2 Å². The fourth-order valence-electron chi connectivity index (χ4n) is 2.40. The molecule has 2 aromatic heterocycles. The minimum Gasteiger partial charge on any atom is -0.244 e. The number of benzene rings is 1. The van der Waals surface area contributed by atoms with Crippen molar-refractivity contribution in [2.24, 2.45) is 0 Å². The SMILES string of the molecule is CCC(C)c1cc(-c2ccc(F)cc2)n(-c2ccnc(Cl)c2)n1. The molecule has 118 valence electrons. The molecule has 0 saturated carbocycles. The third-order valence-corrected chi connectivity index (χ3v) is 4.15. The zero-order valence-electron chi connectivity index (χ0n) is 13.0. The first-order valence-corrected chi connectivity index (χ1v) is 7.94. The molecular formula is C18H17ClFN3. The summed E-state index contributed by atoms with van der Waals surface area (Å²) in [6.45, 7) is 4.27. The van der Waals surface area contributed by atoms with Gasteiger partial charge in [-0.15, -0.1) is 0 Å². The maximum atomic E-state index is 13.2. The Morgan fingerprint density at radius 2 is 1.91 bits per heavy atom. The molecule has 0 fully saturated rings.